The molecule has 6 atom stereocenters. The Labute approximate surface area is 575 Å². The third-order valence-corrected chi connectivity index (χ3v) is 19.7. The molecule has 0 bridgehead atoms. The monoisotopic (exact) mass is 1380 g/mol. The molecule has 0 aromatic rings. The van der Waals surface area contributed by atoms with Gasteiger partial charge in [-0.1, -0.05) is 337 Å². The van der Waals surface area contributed by atoms with Crippen molar-refractivity contribution >= 4 is 39.5 Å². The van der Waals surface area contributed by atoms with Crippen molar-refractivity contribution in [2.75, 3.05) is 39.6 Å². The van der Waals surface area contributed by atoms with Gasteiger partial charge in [0.25, 0.3) is 0 Å². The van der Waals surface area contributed by atoms with Crippen LogP contribution in [0.1, 0.15) is 388 Å². The number of carbonyl (C=O) groups excluding carboxylic acids is 4. The molecule has 0 fully saturated rings. The Hall–Kier alpha value is -1.94. The standard InChI is InChI=1S/C75H146O17P2/c1-7-10-12-14-16-18-20-21-22-23-24-25-26-27-32-36-40-47-53-59-74(79)91-70(63-85-73(78)58-52-46-39-35-31-29-28-30-33-37-43-49-55-67(4)5)65-89-93(81,82)87-61-69(76)62-88-94(83,84)90-66-71(92-75(80)60-54-48-42-41-44-50-56-68(6)9-3)64-86-72(77)57-51-45-38-34-19-17-15-13-11-8-2/h67-71,76H,7-66H2,1-6H3,(H,81,82)(H,83,84)/t68?,69-,70-,71-/m1/s1. The highest BCUT2D eigenvalue weighted by atomic mass is 31.2. The summed E-state index contributed by atoms with van der Waals surface area (Å²) in [7, 11) is -9.91. The van der Waals surface area contributed by atoms with Crippen molar-refractivity contribution in [2.45, 2.75) is 407 Å². The second kappa shape index (κ2) is 66.9. The van der Waals surface area contributed by atoms with E-state index in [0.717, 1.165) is 102 Å². The van der Waals surface area contributed by atoms with Gasteiger partial charge in [0.05, 0.1) is 26.4 Å². The Balaban J connectivity index is 5.22. The lowest BCUT2D eigenvalue weighted by Crippen LogP contribution is -2.30. The topological polar surface area (TPSA) is 237 Å². The highest BCUT2D eigenvalue weighted by Crippen LogP contribution is 2.45. The van der Waals surface area contributed by atoms with Crippen LogP contribution in [-0.4, -0.2) is 96.7 Å². The second-order valence-corrected chi connectivity index (χ2v) is 30.7. The van der Waals surface area contributed by atoms with E-state index in [2.05, 4.69) is 41.5 Å². The minimum atomic E-state index is -4.96. The summed E-state index contributed by atoms with van der Waals surface area (Å²) in [6.45, 7) is 9.54. The first-order valence-electron chi connectivity index (χ1n) is 39.0. The molecule has 0 aliphatic heterocycles. The molecule has 0 rings (SSSR count). The van der Waals surface area contributed by atoms with E-state index >= 15 is 0 Å². The number of ether oxygens (including phenoxy) is 4. The highest BCUT2D eigenvalue weighted by molar-refractivity contribution is 7.47. The molecule has 0 spiro atoms. The summed E-state index contributed by atoms with van der Waals surface area (Å²) in [5.41, 5.74) is 0. The van der Waals surface area contributed by atoms with Gasteiger partial charge in [-0.3, -0.25) is 37.3 Å². The summed E-state index contributed by atoms with van der Waals surface area (Å²) < 4.78 is 68.4. The quantitative estimate of drug-likeness (QED) is 0.0222. The lowest BCUT2D eigenvalue weighted by molar-refractivity contribution is -0.161. The number of phosphoric acid groups is 2. The van der Waals surface area contributed by atoms with Gasteiger partial charge < -0.3 is 33.8 Å². The van der Waals surface area contributed by atoms with Gasteiger partial charge in [0.15, 0.2) is 12.2 Å². The van der Waals surface area contributed by atoms with Gasteiger partial charge in [0.2, 0.25) is 0 Å². The van der Waals surface area contributed by atoms with Crippen molar-refractivity contribution in [2.24, 2.45) is 11.8 Å². The Kier molecular flexibility index (Phi) is 65.5. The van der Waals surface area contributed by atoms with Crippen LogP contribution in [0.5, 0.6) is 0 Å². The number of aliphatic hydroxyl groups is 1. The van der Waals surface area contributed by atoms with Gasteiger partial charge in [-0.15, -0.1) is 0 Å². The number of rotatable bonds is 74. The molecule has 0 heterocycles. The van der Waals surface area contributed by atoms with Crippen LogP contribution in [-0.2, 0) is 65.4 Å². The molecule has 0 saturated carbocycles. The van der Waals surface area contributed by atoms with E-state index in [4.69, 9.17) is 37.0 Å². The molecule has 3 unspecified atom stereocenters. The molecular weight excluding hydrogens is 1230 g/mol. The van der Waals surface area contributed by atoms with Crippen LogP contribution in [0.15, 0.2) is 0 Å². The van der Waals surface area contributed by atoms with Gasteiger partial charge in [0, 0.05) is 25.7 Å². The number of carbonyl (C=O) groups is 4. The molecule has 0 aliphatic rings. The van der Waals surface area contributed by atoms with Crippen molar-refractivity contribution in [3.8, 4) is 0 Å². The molecule has 0 saturated heterocycles. The maximum Gasteiger partial charge on any atom is 0.472 e. The highest BCUT2D eigenvalue weighted by Gasteiger charge is 2.30. The Bertz CT molecular complexity index is 1820. The second-order valence-electron chi connectivity index (χ2n) is 27.8. The smallest absolute Gasteiger partial charge is 0.462 e. The van der Waals surface area contributed by atoms with Crippen LogP contribution in [0.2, 0.25) is 0 Å². The number of hydrogen-bond donors (Lipinski definition) is 3. The van der Waals surface area contributed by atoms with E-state index in [-0.39, 0.29) is 25.7 Å². The Morgan fingerprint density at radius 2 is 0.543 bits per heavy atom. The molecule has 17 nitrogen and oxygen atoms in total. The number of unbranched alkanes of at least 4 members (excludes halogenated alkanes) is 43. The van der Waals surface area contributed by atoms with Crippen molar-refractivity contribution < 1.29 is 80.2 Å². The first-order chi connectivity index (χ1) is 45.4. The summed E-state index contributed by atoms with van der Waals surface area (Å²) in [4.78, 5) is 72.7. The first-order valence-corrected chi connectivity index (χ1v) is 42.0. The third kappa shape index (κ3) is 67.3. The van der Waals surface area contributed by atoms with Crippen molar-refractivity contribution in [3.63, 3.8) is 0 Å². The van der Waals surface area contributed by atoms with Gasteiger partial charge in [-0.05, 0) is 37.5 Å². The van der Waals surface area contributed by atoms with Crippen LogP contribution in [0.4, 0.5) is 0 Å². The molecule has 19 heteroatoms. The fourth-order valence-electron chi connectivity index (χ4n) is 11.4. The summed E-state index contributed by atoms with van der Waals surface area (Å²) in [6.07, 6.45) is 54.2. The van der Waals surface area contributed by atoms with Crippen molar-refractivity contribution in [1.82, 2.24) is 0 Å². The van der Waals surface area contributed by atoms with E-state index in [9.17, 15) is 43.2 Å². The number of esters is 4. The van der Waals surface area contributed by atoms with E-state index in [1.807, 2.05) is 0 Å². The summed E-state index contributed by atoms with van der Waals surface area (Å²) in [5, 5.41) is 10.6. The van der Waals surface area contributed by atoms with Crippen LogP contribution in [0.3, 0.4) is 0 Å². The minimum Gasteiger partial charge on any atom is -0.462 e. The zero-order valence-corrected chi connectivity index (χ0v) is 63.1. The lowest BCUT2D eigenvalue weighted by atomic mass is 10.00. The zero-order valence-electron chi connectivity index (χ0n) is 61.3. The fourth-order valence-corrected chi connectivity index (χ4v) is 13.0. The molecule has 94 heavy (non-hydrogen) atoms. The summed E-state index contributed by atoms with van der Waals surface area (Å²) in [5.74, 6) is -0.618. The number of aliphatic hydroxyl groups excluding tert-OH is 1. The maximum atomic E-state index is 13.1. The lowest BCUT2D eigenvalue weighted by Gasteiger charge is -2.21. The summed E-state index contributed by atoms with van der Waals surface area (Å²) in [6, 6.07) is 0. The zero-order chi connectivity index (χ0) is 69.3. The van der Waals surface area contributed by atoms with E-state index in [0.29, 0.717) is 25.7 Å². The van der Waals surface area contributed by atoms with Gasteiger partial charge in [-0.25, -0.2) is 9.13 Å². The molecule has 0 radical (unpaired) electrons. The Morgan fingerprint density at radius 1 is 0.309 bits per heavy atom. The molecule has 0 aliphatic carbocycles. The van der Waals surface area contributed by atoms with Crippen LogP contribution >= 0.6 is 15.6 Å². The average Bonchev–Trinajstić information content (AvgIpc) is 1.32. The molecule has 558 valence electrons. The number of hydrogen-bond acceptors (Lipinski definition) is 15. The molecule has 0 amide bonds. The van der Waals surface area contributed by atoms with Gasteiger partial charge >= 0.3 is 39.5 Å². The molecule has 0 aromatic heterocycles. The first kappa shape index (κ1) is 92.1. The van der Waals surface area contributed by atoms with Crippen molar-refractivity contribution in [3.05, 3.63) is 0 Å². The van der Waals surface area contributed by atoms with E-state index < -0.39 is 97.5 Å². The normalized spacial score (nSPS) is 14.3. The van der Waals surface area contributed by atoms with Gasteiger partial charge in [-0.2, -0.15) is 0 Å². The van der Waals surface area contributed by atoms with Gasteiger partial charge in [0.1, 0.15) is 19.3 Å². The Morgan fingerprint density at radius 3 is 0.809 bits per heavy atom. The van der Waals surface area contributed by atoms with Crippen LogP contribution in [0.25, 0.3) is 0 Å². The largest absolute Gasteiger partial charge is 0.472 e. The average molecular weight is 1380 g/mol. The van der Waals surface area contributed by atoms with Crippen LogP contribution in [0, 0.1) is 11.8 Å². The predicted octanol–water partition coefficient (Wildman–Crippen LogP) is 21.9. The molecular formula is C75H146O17P2. The predicted molar refractivity (Wildman–Crippen MR) is 381 cm³/mol. The van der Waals surface area contributed by atoms with E-state index in [1.165, 1.54) is 205 Å². The minimum absolute atomic E-state index is 0.103. The third-order valence-electron chi connectivity index (χ3n) is 17.8. The number of phosphoric ester groups is 2. The molecule has 0 aromatic carbocycles. The van der Waals surface area contributed by atoms with Crippen molar-refractivity contribution in [1.29, 1.82) is 0 Å². The van der Waals surface area contributed by atoms with Crippen LogP contribution < -0.4 is 0 Å². The SMILES string of the molecule is CCCCCCCCCCCCCCCCCCCCCC(=O)O[C@H](COC(=O)CCCCCCCCCCCCCCC(C)C)COP(=O)(O)OC[C@@H](O)COP(=O)(O)OC[C@@H](COC(=O)CCCCCCCCCCCC)OC(=O)CCCCCCCCC(C)CC. The van der Waals surface area contributed by atoms with E-state index in [1.54, 1.807) is 0 Å². The fraction of sp³-hybridized carbons (Fsp3) is 0.947. The summed E-state index contributed by atoms with van der Waals surface area (Å²) >= 11 is 0. The maximum absolute atomic E-state index is 13.1. The molecule has 3 N–H and O–H groups in total.